The van der Waals surface area contributed by atoms with Gasteiger partial charge in [0, 0.05) is 17.5 Å². The van der Waals surface area contributed by atoms with Crippen LogP contribution in [-0.2, 0) is 11.0 Å². The van der Waals surface area contributed by atoms with Gasteiger partial charge in [-0.1, -0.05) is 6.92 Å². The number of allylic oxidation sites excluding steroid dienone is 1. The maximum atomic E-state index is 12.3. The zero-order chi connectivity index (χ0) is 13.8. The molecule has 3 nitrogen and oxygen atoms in total. The van der Waals surface area contributed by atoms with E-state index in [-0.39, 0.29) is 0 Å². The van der Waals surface area contributed by atoms with Crippen molar-refractivity contribution in [2.24, 2.45) is 0 Å². The molecule has 0 saturated heterocycles. The minimum atomic E-state index is -4.37. The van der Waals surface area contributed by atoms with Crippen molar-refractivity contribution in [3.05, 3.63) is 41.6 Å². The summed E-state index contributed by atoms with van der Waals surface area (Å²) in [4.78, 5) is 10.5. The van der Waals surface area contributed by atoms with E-state index in [0.29, 0.717) is 17.8 Å². The second-order valence-electron chi connectivity index (χ2n) is 3.56. The van der Waals surface area contributed by atoms with E-state index in [2.05, 4.69) is 5.32 Å². The maximum Gasteiger partial charge on any atom is 0.416 e. The molecule has 0 aliphatic heterocycles. The predicted octanol–water partition coefficient (Wildman–Crippen LogP) is 3.50. The summed E-state index contributed by atoms with van der Waals surface area (Å²) >= 11 is 0. The number of hydrogen-bond donors (Lipinski definition) is 2. The highest BCUT2D eigenvalue weighted by Crippen LogP contribution is 2.30. The molecule has 0 saturated carbocycles. The van der Waals surface area contributed by atoms with Crippen LogP contribution in [0.15, 0.2) is 36.0 Å². The fraction of sp³-hybridized carbons (Fsp3) is 0.250. The summed E-state index contributed by atoms with van der Waals surface area (Å²) in [5.41, 5.74) is 0.0907. The van der Waals surface area contributed by atoms with Crippen LogP contribution in [0.1, 0.15) is 18.9 Å². The van der Waals surface area contributed by atoms with E-state index in [4.69, 9.17) is 5.11 Å². The molecule has 1 aromatic carbocycles. The van der Waals surface area contributed by atoms with Crippen molar-refractivity contribution in [3.8, 4) is 0 Å². The Morgan fingerprint density at radius 1 is 1.33 bits per heavy atom. The molecule has 98 valence electrons. The number of carboxylic acids is 1. The molecule has 6 heteroatoms. The number of carboxylic acid groups (broad SMARTS) is 1. The number of anilines is 1. The summed E-state index contributed by atoms with van der Waals surface area (Å²) in [5.74, 6) is -1.11. The molecule has 0 aliphatic rings. The van der Waals surface area contributed by atoms with Crippen molar-refractivity contribution in [3.63, 3.8) is 0 Å². The first-order valence-electron chi connectivity index (χ1n) is 5.20. The van der Waals surface area contributed by atoms with E-state index >= 15 is 0 Å². The average Bonchev–Trinajstić information content (AvgIpc) is 2.27. The molecule has 2 N–H and O–H groups in total. The highest BCUT2D eigenvalue weighted by Gasteiger charge is 2.29. The molecule has 1 aromatic rings. The van der Waals surface area contributed by atoms with Crippen molar-refractivity contribution in [2.45, 2.75) is 19.5 Å². The summed E-state index contributed by atoms with van der Waals surface area (Å²) in [7, 11) is 0. The Balaban J connectivity index is 2.84. The Labute approximate surface area is 102 Å². The van der Waals surface area contributed by atoms with Gasteiger partial charge in [-0.15, -0.1) is 0 Å². The zero-order valence-electron chi connectivity index (χ0n) is 9.58. The van der Waals surface area contributed by atoms with Gasteiger partial charge in [-0.2, -0.15) is 13.2 Å². The van der Waals surface area contributed by atoms with E-state index in [1.54, 1.807) is 6.92 Å². The number of carbonyl (C=O) groups is 1. The number of aliphatic carboxylic acids is 1. The quantitative estimate of drug-likeness (QED) is 0.814. The number of nitrogens with one attached hydrogen (secondary N) is 1. The second kappa shape index (κ2) is 5.57. The van der Waals surface area contributed by atoms with E-state index in [9.17, 15) is 18.0 Å². The fourth-order valence-corrected chi connectivity index (χ4v) is 1.30. The molecule has 18 heavy (non-hydrogen) atoms. The molecule has 0 bridgehead atoms. The Hall–Kier alpha value is -1.98. The SMILES string of the molecule is CC/C(=C\C(=O)O)Nc1ccc(C(F)(F)F)cc1. The molecule has 0 aromatic heterocycles. The standard InChI is InChI=1S/C12H12F3NO2/c1-2-9(7-11(17)18)16-10-5-3-8(4-6-10)12(13,14)15/h3-7,16H,2H2,1H3,(H,17,18)/b9-7+. The third-order valence-electron chi connectivity index (χ3n) is 2.20. The molecular formula is C12H12F3NO2. The lowest BCUT2D eigenvalue weighted by molar-refractivity contribution is -0.137. The highest BCUT2D eigenvalue weighted by molar-refractivity contribution is 5.81. The molecule has 0 aliphatic carbocycles. The normalized spacial score (nSPS) is 12.3. The van der Waals surface area contributed by atoms with Crippen LogP contribution >= 0.6 is 0 Å². The molecule has 0 radical (unpaired) electrons. The van der Waals surface area contributed by atoms with Gasteiger partial charge in [-0.3, -0.25) is 0 Å². The topological polar surface area (TPSA) is 49.3 Å². The van der Waals surface area contributed by atoms with E-state index < -0.39 is 17.7 Å². The fourth-order valence-electron chi connectivity index (χ4n) is 1.30. The van der Waals surface area contributed by atoms with Gasteiger partial charge in [0.1, 0.15) is 0 Å². The summed E-state index contributed by atoms with van der Waals surface area (Å²) in [6.45, 7) is 1.74. The number of benzene rings is 1. The molecule has 0 amide bonds. The zero-order valence-corrected chi connectivity index (χ0v) is 9.58. The molecule has 0 spiro atoms. The Kier molecular flexibility index (Phi) is 4.36. The van der Waals surface area contributed by atoms with Gasteiger partial charge in [-0.05, 0) is 30.7 Å². The third kappa shape index (κ3) is 4.12. The Morgan fingerprint density at radius 3 is 2.28 bits per heavy atom. The number of rotatable bonds is 4. The van der Waals surface area contributed by atoms with Crippen LogP contribution in [0.25, 0.3) is 0 Å². The first-order valence-corrected chi connectivity index (χ1v) is 5.20. The lowest BCUT2D eigenvalue weighted by Crippen LogP contribution is -2.06. The van der Waals surface area contributed by atoms with Gasteiger partial charge in [0.15, 0.2) is 0 Å². The molecule has 1 rings (SSSR count). The lowest BCUT2D eigenvalue weighted by Gasteiger charge is -2.10. The molecule has 0 fully saturated rings. The third-order valence-corrected chi connectivity index (χ3v) is 2.20. The number of halogens is 3. The average molecular weight is 259 g/mol. The Bertz CT molecular complexity index is 449. The second-order valence-corrected chi connectivity index (χ2v) is 3.56. The molecule has 0 unspecified atom stereocenters. The molecular weight excluding hydrogens is 247 g/mol. The van der Waals surface area contributed by atoms with Crippen molar-refractivity contribution >= 4 is 11.7 Å². The molecule has 0 heterocycles. The van der Waals surface area contributed by atoms with Crippen LogP contribution in [0.2, 0.25) is 0 Å². The van der Waals surface area contributed by atoms with Crippen molar-refractivity contribution in [2.75, 3.05) is 5.32 Å². The first-order chi connectivity index (χ1) is 8.32. The minimum absolute atomic E-state index is 0.414. The van der Waals surface area contributed by atoms with Gasteiger partial charge in [0.05, 0.1) is 5.56 Å². The van der Waals surface area contributed by atoms with Crippen molar-refractivity contribution in [1.82, 2.24) is 0 Å². The van der Waals surface area contributed by atoms with Gasteiger partial charge < -0.3 is 10.4 Å². The van der Waals surface area contributed by atoms with E-state index in [1.807, 2.05) is 0 Å². The van der Waals surface area contributed by atoms with Gasteiger partial charge >= 0.3 is 12.1 Å². The lowest BCUT2D eigenvalue weighted by atomic mass is 10.2. The van der Waals surface area contributed by atoms with Gasteiger partial charge in [0.2, 0.25) is 0 Å². The molecule has 0 atom stereocenters. The smallest absolute Gasteiger partial charge is 0.416 e. The van der Waals surface area contributed by atoms with Crippen LogP contribution in [0.5, 0.6) is 0 Å². The van der Waals surface area contributed by atoms with E-state index in [0.717, 1.165) is 18.2 Å². The van der Waals surface area contributed by atoms with Gasteiger partial charge in [-0.25, -0.2) is 4.79 Å². The first kappa shape index (κ1) is 14.1. The number of alkyl halides is 3. The van der Waals surface area contributed by atoms with Crippen LogP contribution < -0.4 is 5.32 Å². The summed E-state index contributed by atoms with van der Waals surface area (Å²) in [6.07, 6.45) is -2.95. The predicted molar refractivity (Wildman–Crippen MR) is 61.1 cm³/mol. The van der Waals surface area contributed by atoms with Crippen LogP contribution in [0, 0.1) is 0 Å². The summed E-state index contributed by atoms with van der Waals surface area (Å²) < 4.78 is 36.9. The summed E-state index contributed by atoms with van der Waals surface area (Å²) in [6, 6.07) is 4.40. The largest absolute Gasteiger partial charge is 0.478 e. The van der Waals surface area contributed by atoms with E-state index in [1.165, 1.54) is 12.1 Å². The number of hydrogen-bond acceptors (Lipinski definition) is 2. The van der Waals surface area contributed by atoms with Gasteiger partial charge in [0.25, 0.3) is 0 Å². The highest BCUT2D eigenvalue weighted by atomic mass is 19.4. The van der Waals surface area contributed by atoms with Crippen LogP contribution in [0.4, 0.5) is 18.9 Å². The van der Waals surface area contributed by atoms with Crippen LogP contribution in [-0.4, -0.2) is 11.1 Å². The van der Waals surface area contributed by atoms with Crippen molar-refractivity contribution in [1.29, 1.82) is 0 Å². The van der Waals surface area contributed by atoms with Crippen LogP contribution in [0.3, 0.4) is 0 Å². The Morgan fingerprint density at radius 2 is 1.89 bits per heavy atom. The minimum Gasteiger partial charge on any atom is -0.478 e. The maximum absolute atomic E-state index is 12.3. The van der Waals surface area contributed by atoms with Crippen molar-refractivity contribution < 1.29 is 23.1 Å². The summed E-state index contributed by atoms with van der Waals surface area (Å²) in [5, 5.41) is 11.3. The monoisotopic (exact) mass is 259 g/mol.